The van der Waals surface area contributed by atoms with Crippen LogP contribution in [0.3, 0.4) is 0 Å². The molecule has 0 saturated carbocycles. The van der Waals surface area contributed by atoms with E-state index in [-0.39, 0.29) is 11.4 Å². The third-order valence-corrected chi connectivity index (χ3v) is 8.49. The number of hydrogen-bond acceptors (Lipinski definition) is 8. The molecule has 7 rings (SSSR count). The molecule has 0 amide bonds. The summed E-state index contributed by atoms with van der Waals surface area (Å²) in [6.45, 7) is 0.315. The summed E-state index contributed by atoms with van der Waals surface area (Å²) in [6.07, 6.45) is 7.32. The lowest BCUT2D eigenvalue weighted by molar-refractivity contribution is 0.306. The summed E-state index contributed by atoms with van der Waals surface area (Å²) in [6, 6.07) is 29.1. The maximum absolute atomic E-state index is 13.5. The molecule has 0 aliphatic rings. The number of nitrogens with zero attached hydrogens (tertiary/aromatic N) is 5. The number of halogens is 1. The van der Waals surface area contributed by atoms with Gasteiger partial charge in [-0.25, -0.2) is 9.07 Å². The van der Waals surface area contributed by atoms with Crippen molar-refractivity contribution >= 4 is 34.5 Å². The fourth-order valence-corrected chi connectivity index (χ4v) is 5.98. The van der Waals surface area contributed by atoms with E-state index in [0.717, 1.165) is 27.9 Å². The molecule has 0 saturated heterocycles. The van der Waals surface area contributed by atoms with Crippen LogP contribution >= 0.6 is 11.3 Å². The highest BCUT2D eigenvalue weighted by atomic mass is 32.1. The lowest BCUT2D eigenvalue weighted by atomic mass is 10.1. The van der Waals surface area contributed by atoms with E-state index in [2.05, 4.69) is 10.1 Å². The van der Waals surface area contributed by atoms with E-state index in [0.29, 0.717) is 44.9 Å². The summed E-state index contributed by atoms with van der Waals surface area (Å²) < 4.78 is 33.4. The van der Waals surface area contributed by atoms with Crippen LogP contribution < -0.4 is 24.3 Å². The van der Waals surface area contributed by atoms with Crippen LogP contribution in [-0.4, -0.2) is 38.6 Å². The standard InChI is InChI=1S/C37H28FN5O4S/c1-45-31-18-10-24(20-32(31)46-2)11-19-34-39-37-43(40-34)36(44)33(48-37)21-27-22-42(29-6-4-3-5-7-29)41-35(27)26-12-16-30(17-13-26)47-23-25-8-14-28(38)15-9-25/h3-22H,23H2,1-2H3/b19-11+,33-21-. The molecule has 0 spiro atoms. The number of fused-ring (bicyclic) bond motifs is 1. The number of para-hydroxylation sites is 1. The Morgan fingerprint density at radius 2 is 1.62 bits per heavy atom. The van der Waals surface area contributed by atoms with Crippen LogP contribution in [0.15, 0.2) is 108 Å². The van der Waals surface area contributed by atoms with Gasteiger partial charge >= 0.3 is 0 Å². The maximum Gasteiger partial charge on any atom is 0.291 e. The van der Waals surface area contributed by atoms with Crippen molar-refractivity contribution in [2.24, 2.45) is 0 Å². The van der Waals surface area contributed by atoms with E-state index in [4.69, 9.17) is 19.3 Å². The van der Waals surface area contributed by atoms with Crippen LogP contribution in [0.25, 0.3) is 40.1 Å². The summed E-state index contributed by atoms with van der Waals surface area (Å²) in [5.74, 6) is 2.05. The topological polar surface area (TPSA) is 92.8 Å². The number of aromatic nitrogens is 5. The van der Waals surface area contributed by atoms with Gasteiger partial charge in [0.1, 0.15) is 23.9 Å². The molecule has 0 aliphatic heterocycles. The number of ether oxygens (including phenoxy) is 3. The van der Waals surface area contributed by atoms with Gasteiger partial charge in [0.15, 0.2) is 17.3 Å². The molecular formula is C37H28FN5O4S. The zero-order valence-electron chi connectivity index (χ0n) is 25.9. The van der Waals surface area contributed by atoms with Crippen LogP contribution in [0.4, 0.5) is 4.39 Å². The van der Waals surface area contributed by atoms with Crippen molar-refractivity contribution in [2.75, 3.05) is 14.2 Å². The average Bonchev–Trinajstić information content (AvgIpc) is 3.81. The SMILES string of the molecule is COc1ccc(/C=C/c2nc3s/c(=C\c4cn(-c5ccccc5)nc4-c4ccc(OCc5ccc(F)cc5)cc4)c(=O)n3n2)cc1OC. The molecule has 4 aromatic carbocycles. The van der Waals surface area contributed by atoms with Crippen molar-refractivity contribution in [3.63, 3.8) is 0 Å². The van der Waals surface area contributed by atoms with E-state index in [1.165, 1.54) is 28.0 Å². The molecule has 0 N–H and O–H groups in total. The highest BCUT2D eigenvalue weighted by Crippen LogP contribution is 2.29. The fourth-order valence-electron chi connectivity index (χ4n) is 5.07. The van der Waals surface area contributed by atoms with Crippen molar-refractivity contribution in [3.8, 4) is 34.2 Å². The van der Waals surface area contributed by atoms with Gasteiger partial charge in [0, 0.05) is 17.3 Å². The van der Waals surface area contributed by atoms with Crippen LogP contribution in [-0.2, 0) is 6.61 Å². The average molecular weight is 658 g/mol. The lowest BCUT2D eigenvalue weighted by Crippen LogP contribution is -2.23. The van der Waals surface area contributed by atoms with Gasteiger partial charge in [0.05, 0.1) is 24.4 Å². The Morgan fingerprint density at radius 1 is 0.854 bits per heavy atom. The molecule has 7 aromatic rings. The van der Waals surface area contributed by atoms with Crippen LogP contribution in [0.5, 0.6) is 17.2 Å². The number of benzene rings is 4. The molecule has 0 radical (unpaired) electrons. The first-order valence-electron chi connectivity index (χ1n) is 14.9. The Kier molecular flexibility index (Phi) is 8.50. The molecule has 3 aromatic heterocycles. The molecule has 0 atom stereocenters. The molecule has 0 fully saturated rings. The minimum Gasteiger partial charge on any atom is -0.493 e. The Morgan fingerprint density at radius 3 is 2.35 bits per heavy atom. The number of rotatable bonds is 10. The van der Waals surface area contributed by atoms with Crippen molar-refractivity contribution in [1.29, 1.82) is 0 Å². The minimum atomic E-state index is -0.285. The van der Waals surface area contributed by atoms with Gasteiger partial charge in [-0.05, 0) is 83.9 Å². The van der Waals surface area contributed by atoms with Crippen molar-refractivity contribution in [2.45, 2.75) is 6.61 Å². The van der Waals surface area contributed by atoms with Gasteiger partial charge in [-0.15, -0.1) is 5.10 Å². The lowest BCUT2D eigenvalue weighted by Gasteiger charge is -2.07. The largest absolute Gasteiger partial charge is 0.493 e. The normalized spacial score (nSPS) is 11.9. The van der Waals surface area contributed by atoms with Gasteiger partial charge in [0.25, 0.3) is 5.56 Å². The highest BCUT2D eigenvalue weighted by molar-refractivity contribution is 7.15. The van der Waals surface area contributed by atoms with Crippen LogP contribution in [0.1, 0.15) is 22.5 Å². The maximum atomic E-state index is 13.5. The predicted molar refractivity (Wildman–Crippen MR) is 184 cm³/mol. The van der Waals surface area contributed by atoms with E-state index in [1.807, 2.05) is 91.1 Å². The summed E-state index contributed by atoms with van der Waals surface area (Å²) in [4.78, 5) is 18.5. The highest BCUT2D eigenvalue weighted by Gasteiger charge is 2.14. The van der Waals surface area contributed by atoms with Gasteiger partial charge < -0.3 is 14.2 Å². The van der Waals surface area contributed by atoms with E-state index < -0.39 is 0 Å². The zero-order valence-corrected chi connectivity index (χ0v) is 26.7. The van der Waals surface area contributed by atoms with Gasteiger partial charge in [0.2, 0.25) is 4.96 Å². The molecular weight excluding hydrogens is 630 g/mol. The summed E-state index contributed by atoms with van der Waals surface area (Å²) in [5, 5.41) is 9.33. The van der Waals surface area contributed by atoms with Crippen molar-refractivity contribution < 1.29 is 18.6 Å². The number of methoxy groups -OCH3 is 2. The Hall–Kier alpha value is -6.07. The third-order valence-electron chi connectivity index (χ3n) is 7.53. The minimum absolute atomic E-state index is 0.267. The molecule has 3 heterocycles. The van der Waals surface area contributed by atoms with Gasteiger partial charge in [-0.2, -0.15) is 14.6 Å². The predicted octanol–water partition coefficient (Wildman–Crippen LogP) is 6.46. The first kappa shape index (κ1) is 30.6. The monoisotopic (exact) mass is 657 g/mol. The fraction of sp³-hybridized carbons (Fsp3) is 0.0811. The van der Waals surface area contributed by atoms with Gasteiger partial charge in [-0.1, -0.05) is 53.8 Å². The molecule has 0 bridgehead atoms. The van der Waals surface area contributed by atoms with Crippen LogP contribution in [0, 0.1) is 5.82 Å². The molecule has 9 nitrogen and oxygen atoms in total. The Labute approximate surface area is 278 Å². The molecule has 0 unspecified atom stereocenters. The first-order valence-corrected chi connectivity index (χ1v) is 15.7. The number of thiazole rings is 1. The second-order valence-electron chi connectivity index (χ2n) is 10.7. The number of hydrogen-bond donors (Lipinski definition) is 0. The zero-order chi connectivity index (χ0) is 33.0. The van der Waals surface area contributed by atoms with Gasteiger partial charge in [-0.3, -0.25) is 4.79 Å². The summed E-state index contributed by atoms with van der Waals surface area (Å²) in [5.41, 5.74) is 4.65. The Bertz CT molecular complexity index is 2350. The molecule has 238 valence electrons. The molecule has 48 heavy (non-hydrogen) atoms. The summed E-state index contributed by atoms with van der Waals surface area (Å²) in [7, 11) is 3.17. The quantitative estimate of drug-likeness (QED) is 0.167. The second kappa shape index (κ2) is 13.3. The smallest absolute Gasteiger partial charge is 0.291 e. The van der Waals surface area contributed by atoms with E-state index in [9.17, 15) is 9.18 Å². The van der Waals surface area contributed by atoms with Crippen molar-refractivity contribution in [1.82, 2.24) is 24.4 Å². The van der Waals surface area contributed by atoms with E-state index in [1.54, 1.807) is 37.1 Å². The van der Waals surface area contributed by atoms with E-state index >= 15 is 0 Å². The summed E-state index contributed by atoms with van der Waals surface area (Å²) >= 11 is 1.26. The first-order chi connectivity index (χ1) is 23.5. The van der Waals surface area contributed by atoms with Crippen molar-refractivity contribution in [3.05, 3.63) is 146 Å². The Balaban J connectivity index is 1.18. The second-order valence-corrected chi connectivity index (χ2v) is 11.7. The third kappa shape index (κ3) is 6.44. The molecule has 0 aliphatic carbocycles. The molecule has 11 heteroatoms. The van der Waals surface area contributed by atoms with Crippen LogP contribution in [0.2, 0.25) is 0 Å².